The third kappa shape index (κ3) is 4.93. The minimum Gasteiger partial charge on any atom is -0.467 e. The van der Waals surface area contributed by atoms with Crippen LogP contribution in [0, 0.1) is 0 Å². The largest absolute Gasteiger partial charge is 0.467 e. The van der Waals surface area contributed by atoms with E-state index in [4.69, 9.17) is 4.42 Å². The van der Waals surface area contributed by atoms with Gasteiger partial charge in [-0.05, 0) is 50.2 Å². The molecule has 1 aliphatic heterocycles. The number of benzene rings is 1. The Balaban J connectivity index is 1.59. The number of carbonyl (C=O) groups excluding carboxylic acids is 2. The first-order chi connectivity index (χ1) is 12.2. The molecule has 1 aromatic carbocycles. The molecule has 6 nitrogen and oxygen atoms in total. The lowest BCUT2D eigenvalue weighted by Gasteiger charge is -2.25. The maximum Gasteiger partial charge on any atom is 0.253 e. The average Bonchev–Trinajstić information content (AvgIpc) is 3.14. The Morgan fingerprint density at radius 3 is 2.60 bits per heavy atom. The van der Waals surface area contributed by atoms with Gasteiger partial charge in [0.1, 0.15) is 5.76 Å². The van der Waals surface area contributed by atoms with Gasteiger partial charge in [0.15, 0.2) is 0 Å². The predicted octanol–water partition coefficient (Wildman–Crippen LogP) is 2.63. The Labute approximate surface area is 147 Å². The molecular weight excluding hydrogens is 318 g/mol. The number of nitrogens with zero attached hydrogens (tertiary/aromatic N) is 1. The molecule has 0 saturated carbocycles. The zero-order valence-electron chi connectivity index (χ0n) is 14.2. The maximum atomic E-state index is 12.4. The van der Waals surface area contributed by atoms with Crippen molar-refractivity contribution in [3.05, 3.63) is 54.0 Å². The fraction of sp³-hybridized carbons (Fsp3) is 0.368. The molecule has 1 aliphatic rings. The third-order valence-electron chi connectivity index (χ3n) is 4.26. The molecule has 3 rings (SSSR count). The highest BCUT2D eigenvalue weighted by Crippen LogP contribution is 2.16. The van der Waals surface area contributed by atoms with Crippen LogP contribution < -0.4 is 10.6 Å². The van der Waals surface area contributed by atoms with E-state index in [2.05, 4.69) is 15.5 Å². The molecule has 0 bridgehead atoms. The summed E-state index contributed by atoms with van der Waals surface area (Å²) in [6, 6.07) is 10.6. The number of hydrogen-bond donors (Lipinski definition) is 2. The predicted molar refractivity (Wildman–Crippen MR) is 95.2 cm³/mol. The van der Waals surface area contributed by atoms with E-state index in [0.29, 0.717) is 30.1 Å². The summed E-state index contributed by atoms with van der Waals surface area (Å²) >= 11 is 0. The lowest BCUT2D eigenvalue weighted by molar-refractivity contribution is -0.117. The molecule has 0 atom stereocenters. The number of para-hydroxylation sites is 1. The summed E-state index contributed by atoms with van der Waals surface area (Å²) in [5.41, 5.74) is 0.975. The van der Waals surface area contributed by atoms with Crippen LogP contribution in [0.1, 0.15) is 35.4 Å². The van der Waals surface area contributed by atoms with Crippen LogP contribution in [-0.2, 0) is 11.3 Å². The van der Waals surface area contributed by atoms with Crippen LogP contribution in [0.2, 0.25) is 0 Å². The summed E-state index contributed by atoms with van der Waals surface area (Å²) in [4.78, 5) is 26.9. The van der Waals surface area contributed by atoms with E-state index in [9.17, 15) is 9.59 Å². The topological polar surface area (TPSA) is 74.6 Å². The Hall–Kier alpha value is -2.60. The van der Waals surface area contributed by atoms with Gasteiger partial charge >= 0.3 is 0 Å². The highest BCUT2D eigenvalue weighted by atomic mass is 16.3. The van der Waals surface area contributed by atoms with Gasteiger partial charge in [-0.1, -0.05) is 18.6 Å². The van der Waals surface area contributed by atoms with Crippen molar-refractivity contribution in [1.29, 1.82) is 0 Å². The number of piperidine rings is 1. The average molecular weight is 341 g/mol. The number of nitrogens with one attached hydrogen (secondary N) is 2. The molecule has 0 radical (unpaired) electrons. The van der Waals surface area contributed by atoms with E-state index >= 15 is 0 Å². The van der Waals surface area contributed by atoms with Crippen LogP contribution in [0.25, 0.3) is 0 Å². The quantitative estimate of drug-likeness (QED) is 0.847. The molecule has 25 heavy (non-hydrogen) atoms. The number of anilines is 1. The van der Waals surface area contributed by atoms with Gasteiger partial charge in [0.2, 0.25) is 5.91 Å². The monoisotopic (exact) mass is 341 g/mol. The Bertz CT molecular complexity index is 706. The van der Waals surface area contributed by atoms with Crippen molar-refractivity contribution in [1.82, 2.24) is 10.2 Å². The second-order valence-electron chi connectivity index (χ2n) is 6.19. The molecular formula is C19H23N3O3. The van der Waals surface area contributed by atoms with Gasteiger partial charge < -0.3 is 15.1 Å². The van der Waals surface area contributed by atoms with Gasteiger partial charge in [-0.3, -0.25) is 14.5 Å². The molecule has 2 N–H and O–H groups in total. The van der Waals surface area contributed by atoms with Gasteiger partial charge in [0.05, 0.1) is 30.6 Å². The third-order valence-corrected chi connectivity index (χ3v) is 4.26. The summed E-state index contributed by atoms with van der Waals surface area (Å²) in [6.45, 7) is 2.58. The van der Waals surface area contributed by atoms with Crippen LogP contribution in [0.3, 0.4) is 0 Å². The molecule has 1 fully saturated rings. The number of furan rings is 1. The minimum absolute atomic E-state index is 0.0896. The first kappa shape index (κ1) is 17.2. The zero-order chi connectivity index (χ0) is 17.5. The van der Waals surface area contributed by atoms with Crippen LogP contribution in [0.15, 0.2) is 47.1 Å². The van der Waals surface area contributed by atoms with Gasteiger partial charge in [-0.15, -0.1) is 0 Å². The first-order valence-electron chi connectivity index (χ1n) is 8.64. The molecule has 2 amide bonds. The second kappa shape index (κ2) is 8.48. The lowest BCUT2D eigenvalue weighted by atomic mass is 10.1. The molecule has 1 saturated heterocycles. The number of hydrogen-bond acceptors (Lipinski definition) is 4. The Morgan fingerprint density at radius 2 is 1.84 bits per heavy atom. The number of carbonyl (C=O) groups is 2. The molecule has 2 heterocycles. The molecule has 0 spiro atoms. The van der Waals surface area contributed by atoms with Crippen molar-refractivity contribution >= 4 is 17.5 Å². The summed E-state index contributed by atoms with van der Waals surface area (Å²) in [5, 5.41) is 5.67. The number of amides is 2. The second-order valence-corrected chi connectivity index (χ2v) is 6.19. The van der Waals surface area contributed by atoms with Crippen LogP contribution in [0.4, 0.5) is 5.69 Å². The molecule has 132 valence electrons. The van der Waals surface area contributed by atoms with Crippen LogP contribution >= 0.6 is 0 Å². The number of likely N-dealkylation sites (tertiary alicyclic amines) is 1. The normalized spacial score (nSPS) is 14.9. The zero-order valence-corrected chi connectivity index (χ0v) is 14.2. The summed E-state index contributed by atoms with van der Waals surface area (Å²) < 4.78 is 5.21. The van der Waals surface area contributed by atoms with Gasteiger partial charge in [0, 0.05) is 0 Å². The SMILES string of the molecule is O=C(CN1CCCCC1)Nc1ccccc1C(=O)NCc1ccco1. The molecule has 2 aromatic rings. The summed E-state index contributed by atoms with van der Waals surface area (Å²) in [5.74, 6) is 0.346. The van der Waals surface area contributed by atoms with E-state index < -0.39 is 0 Å². The molecule has 1 aromatic heterocycles. The molecule has 0 unspecified atom stereocenters. The molecule has 0 aliphatic carbocycles. The highest BCUT2D eigenvalue weighted by Gasteiger charge is 2.16. The van der Waals surface area contributed by atoms with E-state index in [1.807, 2.05) is 0 Å². The van der Waals surface area contributed by atoms with Crippen LogP contribution in [-0.4, -0.2) is 36.3 Å². The van der Waals surface area contributed by atoms with E-state index in [-0.39, 0.29) is 11.8 Å². The van der Waals surface area contributed by atoms with Crippen molar-refractivity contribution in [2.24, 2.45) is 0 Å². The van der Waals surface area contributed by atoms with Gasteiger partial charge in [-0.25, -0.2) is 0 Å². The standard InChI is InChI=1S/C19H23N3O3/c23-18(14-22-10-4-1-5-11-22)21-17-9-3-2-8-16(17)19(24)20-13-15-7-6-12-25-15/h2-3,6-9,12H,1,4-5,10-11,13-14H2,(H,20,24)(H,21,23). The Kier molecular flexibility index (Phi) is 5.85. The van der Waals surface area contributed by atoms with Crippen molar-refractivity contribution in [3.8, 4) is 0 Å². The van der Waals surface area contributed by atoms with Crippen molar-refractivity contribution in [3.63, 3.8) is 0 Å². The van der Waals surface area contributed by atoms with Crippen LogP contribution in [0.5, 0.6) is 0 Å². The minimum atomic E-state index is -0.245. The summed E-state index contributed by atoms with van der Waals surface area (Å²) in [7, 11) is 0. The van der Waals surface area contributed by atoms with Gasteiger partial charge in [0.25, 0.3) is 5.91 Å². The van der Waals surface area contributed by atoms with E-state index in [0.717, 1.165) is 25.9 Å². The van der Waals surface area contributed by atoms with Crippen molar-refractivity contribution in [2.45, 2.75) is 25.8 Å². The fourth-order valence-corrected chi connectivity index (χ4v) is 2.98. The van der Waals surface area contributed by atoms with Crippen molar-refractivity contribution in [2.75, 3.05) is 25.0 Å². The fourth-order valence-electron chi connectivity index (χ4n) is 2.98. The highest BCUT2D eigenvalue weighted by molar-refractivity contribution is 6.04. The Morgan fingerprint density at radius 1 is 1.04 bits per heavy atom. The molecule has 6 heteroatoms. The number of rotatable bonds is 6. The summed E-state index contributed by atoms with van der Waals surface area (Å²) in [6.07, 6.45) is 5.07. The lowest BCUT2D eigenvalue weighted by Crippen LogP contribution is -2.37. The smallest absolute Gasteiger partial charge is 0.253 e. The first-order valence-corrected chi connectivity index (χ1v) is 8.64. The van der Waals surface area contributed by atoms with Gasteiger partial charge in [-0.2, -0.15) is 0 Å². The maximum absolute atomic E-state index is 12.4. The van der Waals surface area contributed by atoms with Crippen molar-refractivity contribution < 1.29 is 14.0 Å². The van der Waals surface area contributed by atoms with E-state index in [1.54, 1.807) is 42.7 Å². The van der Waals surface area contributed by atoms with E-state index in [1.165, 1.54) is 6.42 Å².